The van der Waals surface area contributed by atoms with E-state index in [9.17, 15) is 35.1 Å². The highest BCUT2D eigenvalue weighted by atomic mass is 19.4. The Balaban J connectivity index is 1.40. The first-order chi connectivity index (χ1) is 17.9. The Morgan fingerprint density at radius 1 is 0.711 bits per heavy atom. The molecule has 2 aliphatic rings. The number of ether oxygens (including phenoxy) is 2. The molecule has 0 saturated heterocycles. The molecule has 38 heavy (non-hydrogen) atoms. The van der Waals surface area contributed by atoms with Gasteiger partial charge in [0.25, 0.3) is 0 Å². The van der Waals surface area contributed by atoms with Crippen LogP contribution in [0.4, 0.5) is 35.1 Å². The van der Waals surface area contributed by atoms with Gasteiger partial charge in [-0.2, -0.15) is 8.78 Å². The van der Waals surface area contributed by atoms with E-state index in [0.29, 0.717) is 11.5 Å². The van der Waals surface area contributed by atoms with Crippen LogP contribution >= 0.6 is 0 Å². The van der Waals surface area contributed by atoms with Crippen molar-refractivity contribution in [1.29, 1.82) is 0 Å². The summed E-state index contributed by atoms with van der Waals surface area (Å²) in [7, 11) is 0. The molecule has 0 unspecified atom stereocenters. The lowest BCUT2D eigenvalue weighted by Gasteiger charge is -2.38. The number of halogens is 8. The molecule has 10 heteroatoms. The molecule has 2 aromatic rings. The summed E-state index contributed by atoms with van der Waals surface area (Å²) in [4.78, 5) is 0. The average molecular weight is 551 g/mol. The van der Waals surface area contributed by atoms with Crippen LogP contribution in [0.2, 0.25) is 0 Å². The van der Waals surface area contributed by atoms with E-state index in [4.69, 9.17) is 0 Å². The lowest BCUT2D eigenvalue weighted by Crippen LogP contribution is -2.26. The van der Waals surface area contributed by atoms with Crippen LogP contribution in [-0.2, 0) is 6.11 Å². The third-order valence-electron chi connectivity index (χ3n) is 8.12. The van der Waals surface area contributed by atoms with Crippen molar-refractivity contribution in [3.63, 3.8) is 0 Å². The molecule has 4 rings (SSSR count). The highest BCUT2D eigenvalue weighted by Crippen LogP contribution is 2.45. The molecule has 2 nitrogen and oxygen atoms in total. The third kappa shape index (κ3) is 6.72. The molecule has 2 aliphatic carbocycles. The van der Waals surface area contributed by atoms with E-state index in [1.807, 2.05) is 0 Å². The van der Waals surface area contributed by atoms with Gasteiger partial charge in [-0.15, -0.1) is 13.2 Å². The lowest BCUT2D eigenvalue weighted by molar-refractivity contribution is -0.276. The molecule has 2 fully saturated rings. The minimum atomic E-state index is -5.40. The standard InChI is InChI=1S/C28H30F8O2/c1-2-16-3-5-17(6-4-16)18-7-9-19(10-8-18)20-11-12-22(23(29)13-20)27(32,33)37-21-14-24(30)26(25(31)15-21)38-28(34,35)36/h11-19H,2-10H2,1H3/t16-,17-,18?,19?. The van der Waals surface area contributed by atoms with Crippen molar-refractivity contribution in [1.82, 2.24) is 0 Å². The zero-order valence-electron chi connectivity index (χ0n) is 20.9. The van der Waals surface area contributed by atoms with Crippen molar-refractivity contribution in [3.05, 3.63) is 58.9 Å². The Morgan fingerprint density at radius 3 is 1.76 bits per heavy atom. The first-order valence-electron chi connectivity index (χ1n) is 13.0. The van der Waals surface area contributed by atoms with Gasteiger partial charge in [0.1, 0.15) is 11.6 Å². The predicted molar refractivity (Wildman–Crippen MR) is 124 cm³/mol. The number of hydrogen-bond donors (Lipinski definition) is 0. The van der Waals surface area contributed by atoms with Gasteiger partial charge in [0.05, 0.1) is 5.56 Å². The Bertz CT molecular complexity index is 1080. The Hall–Kier alpha value is -2.52. The normalized spacial score (nSPS) is 24.8. The number of benzene rings is 2. The van der Waals surface area contributed by atoms with Crippen molar-refractivity contribution >= 4 is 0 Å². The number of rotatable bonds is 7. The van der Waals surface area contributed by atoms with Gasteiger partial charge in [0.15, 0.2) is 11.6 Å². The number of alkyl halides is 5. The van der Waals surface area contributed by atoms with E-state index < -0.39 is 47.0 Å². The minimum Gasteiger partial charge on any atom is -0.429 e. The van der Waals surface area contributed by atoms with Crippen LogP contribution in [0.15, 0.2) is 30.3 Å². The first-order valence-corrected chi connectivity index (χ1v) is 13.0. The second kappa shape index (κ2) is 11.3. The summed E-state index contributed by atoms with van der Waals surface area (Å²) in [5, 5.41) is 0. The van der Waals surface area contributed by atoms with E-state index in [2.05, 4.69) is 16.4 Å². The molecule has 0 N–H and O–H groups in total. The third-order valence-corrected chi connectivity index (χ3v) is 8.12. The largest absolute Gasteiger partial charge is 0.573 e. The van der Waals surface area contributed by atoms with Crippen LogP contribution in [0.3, 0.4) is 0 Å². The summed E-state index contributed by atoms with van der Waals surface area (Å²) < 4.78 is 116. The molecule has 0 spiro atoms. The average Bonchev–Trinajstić information content (AvgIpc) is 2.85. The van der Waals surface area contributed by atoms with Gasteiger partial charge in [-0.05, 0) is 79.9 Å². The summed E-state index contributed by atoms with van der Waals surface area (Å²) in [5.41, 5.74) is -0.556. The molecule has 2 saturated carbocycles. The van der Waals surface area contributed by atoms with Gasteiger partial charge in [0.2, 0.25) is 5.75 Å². The quantitative estimate of drug-likeness (QED) is 0.320. The highest BCUT2D eigenvalue weighted by molar-refractivity contribution is 5.36. The molecule has 0 aliphatic heterocycles. The van der Waals surface area contributed by atoms with E-state index in [-0.39, 0.29) is 18.1 Å². The molecule has 0 bridgehead atoms. The van der Waals surface area contributed by atoms with E-state index in [1.165, 1.54) is 38.2 Å². The van der Waals surface area contributed by atoms with Gasteiger partial charge in [0, 0.05) is 12.1 Å². The molecule has 0 heterocycles. The predicted octanol–water partition coefficient (Wildman–Crippen LogP) is 9.62. The summed E-state index contributed by atoms with van der Waals surface area (Å²) >= 11 is 0. The first kappa shape index (κ1) is 28.5. The fraction of sp³-hybridized carbons (Fsp3) is 0.571. The summed E-state index contributed by atoms with van der Waals surface area (Å²) in [6.45, 7) is 2.23. The van der Waals surface area contributed by atoms with Crippen molar-refractivity contribution in [2.45, 2.75) is 83.1 Å². The molecule has 0 aromatic heterocycles. The van der Waals surface area contributed by atoms with Gasteiger partial charge in [-0.3, -0.25) is 0 Å². The lowest BCUT2D eigenvalue weighted by atomic mass is 9.68. The van der Waals surface area contributed by atoms with E-state index in [1.54, 1.807) is 0 Å². The maximum Gasteiger partial charge on any atom is 0.573 e. The van der Waals surface area contributed by atoms with Crippen LogP contribution in [-0.4, -0.2) is 6.36 Å². The van der Waals surface area contributed by atoms with Crippen LogP contribution < -0.4 is 9.47 Å². The molecular formula is C28H30F8O2. The van der Waals surface area contributed by atoms with Crippen molar-refractivity contribution < 1.29 is 44.6 Å². The van der Waals surface area contributed by atoms with Crippen LogP contribution in [0.5, 0.6) is 11.5 Å². The van der Waals surface area contributed by atoms with Gasteiger partial charge >= 0.3 is 12.5 Å². The summed E-state index contributed by atoms with van der Waals surface area (Å²) in [6.07, 6.45) is 0.237. The highest BCUT2D eigenvalue weighted by Gasteiger charge is 2.40. The van der Waals surface area contributed by atoms with Gasteiger partial charge in [-0.25, -0.2) is 13.2 Å². The van der Waals surface area contributed by atoms with E-state index >= 15 is 0 Å². The number of hydrogen-bond acceptors (Lipinski definition) is 2. The second-order valence-electron chi connectivity index (χ2n) is 10.4. The molecule has 210 valence electrons. The van der Waals surface area contributed by atoms with Crippen LogP contribution in [0.1, 0.15) is 81.8 Å². The maximum atomic E-state index is 14.8. The molecule has 0 atom stereocenters. The van der Waals surface area contributed by atoms with E-state index in [0.717, 1.165) is 49.7 Å². The maximum absolute atomic E-state index is 14.8. The SMILES string of the molecule is CC[C@H]1CC[C@H](C2CCC(c3ccc(C(F)(F)Oc4cc(F)c(OC(F)(F)F)c(F)c4)c(F)c3)CC2)CC1. The fourth-order valence-electron chi connectivity index (χ4n) is 6.02. The van der Waals surface area contributed by atoms with Crippen molar-refractivity contribution in [3.8, 4) is 11.5 Å². The van der Waals surface area contributed by atoms with Crippen molar-refractivity contribution in [2.24, 2.45) is 17.8 Å². The van der Waals surface area contributed by atoms with Crippen LogP contribution in [0, 0.1) is 35.2 Å². The zero-order chi connectivity index (χ0) is 27.7. The van der Waals surface area contributed by atoms with Crippen LogP contribution in [0.25, 0.3) is 0 Å². The fourth-order valence-corrected chi connectivity index (χ4v) is 6.02. The van der Waals surface area contributed by atoms with Gasteiger partial charge < -0.3 is 9.47 Å². The van der Waals surface area contributed by atoms with Crippen molar-refractivity contribution in [2.75, 3.05) is 0 Å². The monoisotopic (exact) mass is 550 g/mol. The summed E-state index contributed by atoms with van der Waals surface area (Å²) in [5.74, 6) is -5.77. The Labute approximate surface area is 216 Å². The zero-order valence-corrected chi connectivity index (χ0v) is 20.9. The topological polar surface area (TPSA) is 18.5 Å². The Morgan fingerprint density at radius 2 is 1.26 bits per heavy atom. The molecule has 2 aromatic carbocycles. The smallest absolute Gasteiger partial charge is 0.429 e. The molecule has 0 amide bonds. The summed E-state index contributed by atoms with van der Waals surface area (Å²) in [6, 6.07) is 3.52. The molecular weight excluding hydrogens is 520 g/mol. The second-order valence-corrected chi connectivity index (χ2v) is 10.4. The Kier molecular flexibility index (Phi) is 8.47. The minimum absolute atomic E-state index is 0.0423. The molecule has 0 radical (unpaired) electrons. The van der Waals surface area contributed by atoms with Gasteiger partial charge in [-0.1, -0.05) is 32.3 Å².